The van der Waals surface area contributed by atoms with E-state index in [1.165, 1.54) is 24.0 Å². The van der Waals surface area contributed by atoms with Gasteiger partial charge in [0.05, 0.1) is 36.6 Å². The minimum absolute atomic E-state index is 0. The van der Waals surface area contributed by atoms with Gasteiger partial charge in [-0.1, -0.05) is 105 Å². The number of benzene rings is 2. The lowest BCUT2D eigenvalue weighted by Gasteiger charge is -2.24. The predicted molar refractivity (Wildman–Crippen MR) is 237 cm³/mol. The number of allylic oxidation sites excluding steroid dienone is 4. The normalized spacial score (nSPS) is 26.1. The molecule has 12 atom stereocenters. The Kier molecular flexibility index (Phi) is 24.6. The largest absolute Gasteiger partial charge is 0.481 e. The van der Waals surface area contributed by atoms with E-state index in [1.807, 2.05) is 36.4 Å². The van der Waals surface area contributed by atoms with E-state index >= 15 is 0 Å². The lowest BCUT2D eigenvalue weighted by Crippen LogP contribution is -2.23. The molecule has 5 N–H and O–H groups in total. The van der Waals surface area contributed by atoms with Crippen LogP contribution >= 0.6 is 18.9 Å². The Morgan fingerprint density at radius 1 is 0.661 bits per heavy atom. The van der Waals surface area contributed by atoms with E-state index in [-0.39, 0.29) is 51.3 Å². The minimum Gasteiger partial charge on any atom is -0.481 e. The molecule has 2 saturated carbocycles. The molecule has 318 valence electrons. The first kappa shape index (κ1) is 48.4. The van der Waals surface area contributed by atoms with Crippen molar-refractivity contribution in [3.8, 4) is 0 Å². The van der Waals surface area contributed by atoms with Crippen molar-refractivity contribution in [2.24, 2.45) is 23.7 Å². The Morgan fingerprint density at radius 2 is 1.07 bits per heavy atom. The SMILES string of the molecule is CCCC/C=C\C[C@@H]1[C@@H](CC[C@H](CCc2ccccc2)OP)[C@H](O)C[C@@H]1O.O=C(O)CCC/C=C\C[C@@H]1[C@@H](CC[C@H](CCc2ccccc2)OP)[C@H](O)C[C@@H]1O.[3HH].[3HH]. The molecular formula is C46H76O8P2. The first-order chi connectivity index (χ1) is 27.2. The lowest BCUT2D eigenvalue weighted by molar-refractivity contribution is -0.137. The van der Waals surface area contributed by atoms with Crippen molar-refractivity contribution in [2.45, 2.75) is 159 Å². The number of aliphatic hydroxyl groups is 4. The van der Waals surface area contributed by atoms with E-state index in [2.05, 4.69) is 74.4 Å². The predicted octanol–water partition coefficient (Wildman–Crippen LogP) is 9.69. The number of aliphatic hydroxyl groups excluding tert-OH is 4. The van der Waals surface area contributed by atoms with Gasteiger partial charge in [-0.2, -0.15) is 0 Å². The van der Waals surface area contributed by atoms with Crippen LogP contribution in [-0.2, 0) is 26.7 Å². The highest BCUT2D eigenvalue weighted by Crippen LogP contribution is 2.40. The molecule has 0 radical (unpaired) electrons. The molecule has 2 aliphatic carbocycles. The zero-order valence-electron chi connectivity index (χ0n) is 33.7. The molecule has 56 heavy (non-hydrogen) atoms. The van der Waals surface area contributed by atoms with Crippen molar-refractivity contribution >= 4 is 24.9 Å². The summed E-state index contributed by atoms with van der Waals surface area (Å²) in [5, 5.41) is 50.3. The number of aryl methyl sites for hydroxylation is 2. The summed E-state index contributed by atoms with van der Waals surface area (Å²) in [6, 6.07) is 20.8. The monoisotopic (exact) mass is 823 g/mol. The maximum absolute atomic E-state index is 10.5. The Bertz CT molecular complexity index is 1370. The molecule has 10 heteroatoms. The summed E-state index contributed by atoms with van der Waals surface area (Å²) < 4.78 is 11.2. The molecule has 0 amide bonds. The second-order valence-electron chi connectivity index (χ2n) is 16.0. The number of unbranched alkanes of at least 4 members (excludes halogenated alkanes) is 3. The number of carbonyl (C=O) groups is 1. The van der Waals surface area contributed by atoms with Crippen LogP contribution in [0.5, 0.6) is 0 Å². The Labute approximate surface area is 345 Å². The Balaban J connectivity index is 0.000000562. The third kappa shape index (κ3) is 18.3. The second kappa shape index (κ2) is 28.4. The molecule has 0 aromatic heterocycles. The van der Waals surface area contributed by atoms with Crippen LogP contribution in [0.2, 0.25) is 0 Å². The molecule has 8 nitrogen and oxygen atoms in total. The Hall–Kier alpha value is -1.99. The third-order valence-corrected chi connectivity index (χ3v) is 12.7. The van der Waals surface area contributed by atoms with Gasteiger partial charge in [0.25, 0.3) is 0 Å². The molecule has 0 aliphatic heterocycles. The van der Waals surface area contributed by atoms with E-state index in [0.717, 1.165) is 70.6 Å². The van der Waals surface area contributed by atoms with Crippen LogP contribution < -0.4 is 0 Å². The van der Waals surface area contributed by atoms with Gasteiger partial charge < -0.3 is 34.6 Å². The van der Waals surface area contributed by atoms with Gasteiger partial charge in [-0.3, -0.25) is 4.79 Å². The molecule has 2 aliphatic rings. The highest BCUT2D eigenvalue weighted by atomic mass is 31.0. The maximum Gasteiger partial charge on any atom is 0.303 e. The number of hydrogen-bond donors (Lipinski definition) is 5. The van der Waals surface area contributed by atoms with Crippen molar-refractivity contribution in [1.29, 1.82) is 0 Å². The molecule has 0 heterocycles. The second-order valence-corrected chi connectivity index (χ2v) is 16.5. The van der Waals surface area contributed by atoms with Crippen LogP contribution in [-0.4, -0.2) is 68.1 Å². The zero-order valence-corrected chi connectivity index (χ0v) is 36.0. The topological polar surface area (TPSA) is 137 Å². The standard InChI is InChI=1S/C23H35O5P.C23H37O3P.2H2/c24-21-16-22(25)20(19(21)10-6-1-2-7-11-23(26)27)15-14-18(28-29)13-12-17-8-4-3-5-9-17;1-2-3-4-5-9-12-20-21(23(25)17-22(20)24)16-15-19(26-27)14-13-18-10-7-6-8-11-18;;/h1,3-6,8-9,18-22,24-25H,2,7,10-16,29H2,(H,26,27);5-11,19-25H,2-4,12-17,27H2,1H3;2*1H/b6-1-;9-5-;;/t18-,19+,20+,21-,22+;19-,20+,21+,22-,23+;;/m00../s1/i;;2*1+2. The van der Waals surface area contributed by atoms with E-state index < -0.39 is 24.3 Å². The Morgan fingerprint density at radius 3 is 1.46 bits per heavy atom. The van der Waals surface area contributed by atoms with E-state index in [1.54, 1.807) is 0 Å². The average molecular weight is 823 g/mol. The fourth-order valence-corrected chi connectivity index (χ4v) is 9.05. The van der Waals surface area contributed by atoms with E-state index in [4.69, 9.17) is 14.2 Å². The fourth-order valence-electron chi connectivity index (χ4n) is 8.51. The summed E-state index contributed by atoms with van der Waals surface area (Å²) in [6.45, 7) is 2.20. The molecule has 2 unspecified atom stereocenters. The third-order valence-electron chi connectivity index (χ3n) is 11.9. The van der Waals surface area contributed by atoms with Crippen LogP contribution in [0.15, 0.2) is 85.0 Å². The summed E-state index contributed by atoms with van der Waals surface area (Å²) >= 11 is 0. The van der Waals surface area contributed by atoms with Crippen molar-refractivity contribution in [1.82, 2.24) is 0 Å². The fraction of sp³-hybridized carbons (Fsp3) is 0.630. The molecule has 0 bridgehead atoms. The van der Waals surface area contributed by atoms with Gasteiger partial charge in [-0.25, -0.2) is 0 Å². The number of carboxylic acids is 1. The summed E-state index contributed by atoms with van der Waals surface area (Å²) in [7, 11) is 4.77. The molecular weight excluding hydrogens is 742 g/mol. The highest BCUT2D eigenvalue weighted by Gasteiger charge is 2.41. The van der Waals surface area contributed by atoms with Crippen molar-refractivity contribution in [3.05, 3.63) is 96.1 Å². The summed E-state index contributed by atoms with van der Waals surface area (Å²) in [6.07, 6.45) is 21.9. The molecule has 0 saturated heterocycles. The van der Waals surface area contributed by atoms with Crippen LogP contribution in [0.4, 0.5) is 0 Å². The van der Waals surface area contributed by atoms with Crippen LogP contribution in [0.1, 0.15) is 124 Å². The van der Waals surface area contributed by atoms with Crippen LogP contribution in [0.25, 0.3) is 0 Å². The number of hydrogen-bond acceptors (Lipinski definition) is 7. The number of aliphatic carboxylic acids is 1. The maximum atomic E-state index is 10.5. The zero-order chi connectivity index (χ0) is 40.5. The summed E-state index contributed by atoms with van der Waals surface area (Å²) in [4.78, 5) is 10.5. The quantitative estimate of drug-likeness (QED) is 0.0380. The van der Waals surface area contributed by atoms with E-state index in [0.29, 0.717) is 25.7 Å². The smallest absolute Gasteiger partial charge is 0.303 e. The van der Waals surface area contributed by atoms with E-state index in [9.17, 15) is 25.2 Å². The van der Waals surface area contributed by atoms with Gasteiger partial charge in [0.1, 0.15) is 0 Å². The van der Waals surface area contributed by atoms with Crippen molar-refractivity contribution < 1.29 is 42.2 Å². The van der Waals surface area contributed by atoms with Gasteiger partial charge in [0, 0.05) is 28.2 Å². The van der Waals surface area contributed by atoms with Crippen molar-refractivity contribution in [2.75, 3.05) is 0 Å². The molecule has 2 fully saturated rings. The summed E-state index contributed by atoms with van der Waals surface area (Å²) in [5.41, 5.74) is 2.62. The molecule has 0 spiro atoms. The first-order valence-corrected chi connectivity index (χ1v) is 22.1. The van der Waals surface area contributed by atoms with Gasteiger partial charge in [0.15, 0.2) is 0 Å². The molecule has 4 rings (SSSR count). The van der Waals surface area contributed by atoms with Crippen LogP contribution in [0, 0.1) is 23.7 Å². The van der Waals surface area contributed by atoms with Gasteiger partial charge in [-0.05, 0) is 131 Å². The highest BCUT2D eigenvalue weighted by molar-refractivity contribution is 7.10. The number of carboxylic acid groups (broad SMARTS) is 1. The summed E-state index contributed by atoms with van der Waals surface area (Å²) in [5.74, 6) is -0.341. The lowest BCUT2D eigenvalue weighted by atomic mass is 9.85. The first-order valence-electron chi connectivity index (χ1n) is 21.2. The van der Waals surface area contributed by atoms with Crippen molar-refractivity contribution in [3.63, 3.8) is 0 Å². The van der Waals surface area contributed by atoms with Gasteiger partial charge >= 0.3 is 5.97 Å². The van der Waals surface area contributed by atoms with Crippen LogP contribution in [0.3, 0.4) is 0 Å². The molecule has 2 aromatic rings. The minimum atomic E-state index is -0.772. The molecule has 2 aromatic carbocycles. The number of rotatable bonds is 25. The average Bonchev–Trinajstić information content (AvgIpc) is 3.63. The van der Waals surface area contributed by atoms with Gasteiger partial charge in [-0.15, -0.1) is 0 Å². The van der Waals surface area contributed by atoms with Gasteiger partial charge in [0.2, 0.25) is 0 Å².